The number of pyridine rings is 4. The van der Waals surface area contributed by atoms with E-state index in [-0.39, 0.29) is 51.3 Å². The van der Waals surface area contributed by atoms with Crippen LogP contribution in [0.15, 0.2) is 219 Å². The molecule has 348 valence electrons. The smallest absolute Gasteiger partial charge is 0.0347 e. The van der Waals surface area contributed by atoms with Crippen molar-refractivity contribution in [1.82, 2.24) is 19.9 Å². The van der Waals surface area contributed by atoms with Crippen LogP contribution in [-0.4, -0.2) is 19.9 Å². The molecule has 0 fully saturated rings. The maximum atomic E-state index is 8.16. The molecule has 0 N–H and O–H groups in total. The zero-order chi connectivity index (χ0) is 55.1. The average Bonchev–Trinajstić information content (AvgIpc) is 3.51. The Hall–Kier alpha value is -6.78. The Labute approximate surface area is 450 Å². The van der Waals surface area contributed by atoms with Gasteiger partial charge in [-0.3, -0.25) is 0 Å². The van der Waals surface area contributed by atoms with Gasteiger partial charge in [0, 0.05) is 78.7 Å². The number of hydrogen-bond acceptors (Lipinski definition) is 4. The zero-order valence-corrected chi connectivity index (χ0v) is 42.7. The SMILES string of the molecule is CCc1ccc(-c2ccnc(-c3[c-]cccc3)c2)cc1.[2H]C([2H])([2H])C([2H])(C)c1ccc(-c2ccnc(-c3[c-]cccc3)c2)cc1.[2H]C([2H])([2H])c1ccc(-c2[c-]cccc2)nc1.[2H]C([2H])([2H])c1ccc(-c2[c-]cccc2)nc1.[Ir].[Ir]. The van der Waals surface area contributed by atoms with Crippen LogP contribution in [0.2, 0.25) is 0 Å². The van der Waals surface area contributed by atoms with E-state index in [1.54, 1.807) is 54.7 Å². The number of benzene rings is 6. The molecule has 0 aliphatic rings. The molecule has 1 atom stereocenters. The molecular weight excluding hydrogens is 1200 g/mol. The maximum Gasteiger partial charge on any atom is 0.0347 e. The molecule has 2 radical (unpaired) electrons. The molecule has 0 aliphatic carbocycles. The van der Waals surface area contributed by atoms with E-state index in [2.05, 4.69) is 81.5 Å². The topological polar surface area (TPSA) is 51.6 Å². The molecule has 0 amide bonds. The molecule has 0 spiro atoms. The van der Waals surface area contributed by atoms with Crippen LogP contribution in [0.25, 0.3) is 67.3 Å². The molecule has 0 saturated heterocycles. The van der Waals surface area contributed by atoms with Gasteiger partial charge in [0.2, 0.25) is 0 Å². The first-order valence-electron chi connectivity index (χ1n) is 26.7. The number of nitrogens with zero attached hydrogens (tertiary/aromatic N) is 4. The predicted molar refractivity (Wildman–Crippen MR) is 278 cm³/mol. The summed E-state index contributed by atoms with van der Waals surface area (Å²) in [6.45, 7) is -2.96. The fraction of sp³-hybridized carbons (Fsp3) is 0.111. The number of aryl methyl sites for hydroxylation is 3. The minimum Gasteiger partial charge on any atom is -0.305 e. The molecule has 4 nitrogen and oxygen atoms in total. The third-order valence-electron chi connectivity index (χ3n) is 10.3. The summed E-state index contributed by atoms with van der Waals surface area (Å²) in [6.07, 6.45) is 7.46. The predicted octanol–water partition coefficient (Wildman–Crippen LogP) is 15.8. The van der Waals surface area contributed by atoms with Gasteiger partial charge in [0.25, 0.3) is 0 Å². The van der Waals surface area contributed by atoms with E-state index in [1.165, 1.54) is 36.0 Å². The molecule has 69 heavy (non-hydrogen) atoms. The summed E-state index contributed by atoms with van der Waals surface area (Å²) in [7, 11) is 0. The van der Waals surface area contributed by atoms with Gasteiger partial charge in [-0.05, 0) is 105 Å². The normalized spacial score (nSPS) is 13.6. The van der Waals surface area contributed by atoms with Gasteiger partial charge in [0.1, 0.15) is 0 Å². The minimum absolute atomic E-state index is 0. The first-order valence-corrected chi connectivity index (χ1v) is 21.7. The monoisotopic (exact) mass is 1260 g/mol. The number of aromatic nitrogens is 4. The first-order chi connectivity index (χ1) is 36.8. The van der Waals surface area contributed by atoms with Crippen LogP contribution in [0.5, 0.6) is 0 Å². The van der Waals surface area contributed by atoms with Crippen LogP contribution < -0.4 is 0 Å². The summed E-state index contributed by atoms with van der Waals surface area (Å²) in [5, 5.41) is 0. The summed E-state index contributed by atoms with van der Waals surface area (Å²) in [5.74, 6) is -1.63. The van der Waals surface area contributed by atoms with Crippen molar-refractivity contribution >= 4 is 0 Å². The van der Waals surface area contributed by atoms with Crippen molar-refractivity contribution in [3.63, 3.8) is 0 Å². The first kappa shape index (κ1) is 40.1. The van der Waals surface area contributed by atoms with Crippen molar-refractivity contribution in [1.29, 1.82) is 0 Å². The molecule has 4 aromatic heterocycles. The van der Waals surface area contributed by atoms with E-state index in [0.29, 0.717) is 5.56 Å². The van der Waals surface area contributed by atoms with Crippen molar-refractivity contribution in [3.8, 4) is 67.3 Å². The summed E-state index contributed by atoms with van der Waals surface area (Å²) in [5.41, 5.74) is 13.6. The summed E-state index contributed by atoms with van der Waals surface area (Å²) in [4.78, 5) is 17.1. The molecule has 6 aromatic carbocycles. The van der Waals surface area contributed by atoms with Crippen molar-refractivity contribution in [3.05, 3.63) is 265 Å². The summed E-state index contributed by atoms with van der Waals surface area (Å²) in [6, 6.07) is 73.4. The van der Waals surface area contributed by atoms with Crippen molar-refractivity contribution in [2.45, 2.75) is 46.7 Å². The Bertz CT molecular complexity index is 3290. The molecule has 0 bridgehead atoms. The van der Waals surface area contributed by atoms with Crippen molar-refractivity contribution < 1.29 is 53.9 Å². The second-order valence-electron chi connectivity index (χ2n) is 15.1. The Kier molecular flexibility index (Phi) is 16.2. The standard InChI is InChI=1S/C20H18N.C19H16N.2C12H10N.2Ir/c1-15(2)16-8-10-17(11-9-16)19-12-13-21-20(14-19)18-6-4-3-5-7-18;1-2-15-8-10-16(11-9-15)18-12-13-20-19(14-18)17-6-4-3-5-7-17;2*1-10-7-8-12(13-9-10)11-5-3-2-4-6-11;;/h3-6,8-15H,1-2H3;3-6,8-14H,2H2,1H3;2*2-5,7-9H,1H3;;/q4*-1;;/i1D3,15D;;2*1D3;;. The molecular formula is C63H54Ir2N4-4. The van der Waals surface area contributed by atoms with Crippen LogP contribution in [-0.2, 0) is 46.6 Å². The molecule has 4 heterocycles. The van der Waals surface area contributed by atoms with Crippen LogP contribution in [0.4, 0.5) is 0 Å². The summed E-state index contributed by atoms with van der Waals surface area (Å²) < 4.78 is 74.2. The molecule has 0 aliphatic heterocycles. The van der Waals surface area contributed by atoms with E-state index >= 15 is 0 Å². The quantitative estimate of drug-likeness (QED) is 0.142. The van der Waals surface area contributed by atoms with Gasteiger partial charge in [-0.2, -0.15) is 0 Å². The number of rotatable bonds is 8. The van der Waals surface area contributed by atoms with Gasteiger partial charge in [0.15, 0.2) is 0 Å². The van der Waals surface area contributed by atoms with E-state index < -0.39 is 26.4 Å². The number of hydrogen-bond donors (Lipinski definition) is 0. The van der Waals surface area contributed by atoms with Gasteiger partial charge in [-0.15, -0.1) is 144 Å². The van der Waals surface area contributed by atoms with Gasteiger partial charge >= 0.3 is 0 Å². The largest absolute Gasteiger partial charge is 0.305 e. The maximum absolute atomic E-state index is 8.16. The Balaban J connectivity index is 0.000000195. The third kappa shape index (κ3) is 16.2. The van der Waals surface area contributed by atoms with Gasteiger partial charge in [0.05, 0.1) is 0 Å². The zero-order valence-electron chi connectivity index (χ0n) is 47.9. The fourth-order valence-electron chi connectivity index (χ4n) is 6.68. The Morgan fingerprint density at radius 1 is 0.449 bits per heavy atom. The molecule has 10 rings (SSSR count). The van der Waals surface area contributed by atoms with Gasteiger partial charge in [-0.1, -0.05) is 106 Å². The van der Waals surface area contributed by atoms with Crippen molar-refractivity contribution in [2.24, 2.45) is 0 Å². The Morgan fingerprint density at radius 3 is 1.19 bits per heavy atom. The Morgan fingerprint density at radius 2 is 0.855 bits per heavy atom. The van der Waals surface area contributed by atoms with Crippen LogP contribution >= 0.6 is 0 Å². The van der Waals surface area contributed by atoms with E-state index in [4.69, 9.17) is 13.7 Å². The molecule has 10 aromatic rings. The second kappa shape index (κ2) is 27.9. The van der Waals surface area contributed by atoms with Crippen LogP contribution in [0.3, 0.4) is 0 Å². The molecule has 0 saturated carbocycles. The minimum atomic E-state index is -2.37. The summed E-state index contributed by atoms with van der Waals surface area (Å²) >= 11 is 0. The van der Waals surface area contributed by atoms with Gasteiger partial charge < -0.3 is 19.9 Å². The second-order valence-corrected chi connectivity index (χ2v) is 15.1. The van der Waals surface area contributed by atoms with Crippen LogP contribution in [0, 0.1) is 38.0 Å². The van der Waals surface area contributed by atoms with E-state index in [9.17, 15) is 0 Å². The fourth-order valence-corrected chi connectivity index (χ4v) is 6.68. The van der Waals surface area contributed by atoms with E-state index in [0.717, 1.165) is 62.6 Å². The average molecular weight is 1260 g/mol. The van der Waals surface area contributed by atoms with E-state index in [1.807, 2.05) is 121 Å². The molecule has 6 heteroatoms. The van der Waals surface area contributed by atoms with Crippen LogP contribution in [0.1, 0.15) is 62.6 Å². The third-order valence-corrected chi connectivity index (χ3v) is 10.3. The van der Waals surface area contributed by atoms with Gasteiger partial charge in [-0.25, -0.2) is 0 Å². The molecule has 1 unspecified atom stereocenters. The van der Waals surface area contributed by atoms with Crippen molar-refractivity contribution in [2.75, 3.05) is 0 Å².